The highest BCUT2D eigenvalue weighted by Gasteiger charge is 2.21. The third-order valence-electron chi connectivity index (χ3n) is 5.96. The fourth-order valence-corrected chi connectivity index (χ4v) is 4.23. The van der Waals surface area contributed by atoms with Crippen molar-refractivity contribution >= 4 is 17.3 Å². The smallest absolute Gasteiger partial charge is 0.316 e. The summed E-state index contributed by atoms with van der Waals surface area (Å²) >= 11 is 6.02. The Morgan fingerprint density at radius 2 is 1.71 bits per heavy atom. The Labute approximate surface area is 208 Å². The van der Waals surface area contributed by atoms with Crippen LogP contribution in [0.1, 0.15) is 5.56 Å². The van der Waals surface area contributed by atoms with E-state index < -0.39 is 0 Å². The number of ether oxygens (including phenoxy) is 1. The summed E-state index contributed by atoms with van der Waals surface area (Å²) in [5, 5.41) is 17.8. The van der Waals surface area contributed by atoms with E-state index >= 15 is 0 Å². The molecule has 5 rings (SSSR count). The molecule has 1 saturated heterocycles. The van der Waals surface area contributed by atoms with Crippen molar-refractivity contribution < 1.29 is 9.84 Å². The summed E-state index contributed by atoms with van der Waals surface area (Å²) < 4.78 is 7.54. The molecule has 8 heteroatoms. The molecule has 0 amide bonds. The number of aliphatic hydroxyl groups is 1. The second-order valence-electron chi connectivity index (χ2n) is 8.27. The average Bonchev–Trinajstić information content (AvgIpc) is 2.91. The van der Waals surface area contributed by atoms with Crippen LogP contribution in [0.15, 0.2) is 83.8 Å². The van der Waals surface area contributed by atoms with Gasteiger partial charge in [-0.05, 0) is 59.2 Å². The quantitative estimate of drug-likeness (QED) is 0.422. The number of anilines is 1. The summed E-state index contributed by atoms with van der Waals surface area (Å²) in [6.45, 7) is 3.14. The summed E-state index contributed by atoms with van der Waals surface area (Å²) in [4.78, 5) is 15.7. The number of aliphatic hydroxyl groups excluding tert-OH is 1. The number of nitrogens with one attached hydrogen (secondary N) is 1. The van der Waals surface area contributed by atoms with Crippen LogP contribution in [0.2, 0.25) is 5.02 Å². The van der Waals surface area contributed by atoms with Gasteiger partial charge in [-0.15, -0.1) is 0 Å². The lowest BCUT2D eigenvalue weighted by Gasteiger charge is -2.30. The van der Waals surface area contributed by atoms with Gasteiger partial charge in [0.15, 0.2) is 0 Å². The van der Waals surface area contributed by atoms with Gasteiger partial charge in [0.25, 0.3) is 0 Å². The fraction of sp³-hybridized carbons (Fsp3) is 0.185. The van der Waals surface area contributed by atoms with Crippen LogP contribution in [-0.4, -0.2) is 41.1 Å². The number of rotatable bonds is 6. The van der Waals surface area contributed by atoms with Crippen LogP contribution in [0.4, 0.5) is 5.69 Å². The van der Waals surface area contributed by atoms with Crippen LogP contribution >= 0.6 is 11.6 Å². The first-order valence-corrected chi connectivity index (χ1v) is 11.8. The summed E-state index contributed by atoms with van der Waals surface area (Å²) in [5.74, 6) is 0.779. The second kappa shape index (κ2) is 10.3. The van der Waals surface area contributed by atoms with E-state index in [1.165, 1.54) is 4.68 Å². The van der Waals surface area contributed by atoms with Crippen LogP contribution in [0, 0.1) is 0 Å². The molecule has 3 aromatic carbocycles. The van der Waals surface area contributed by atoms with Gasteiger partial charge >= 0.3 is 5.56 Å². The van der Waals surface area contributed by atoms with Gasteiger partial charge in [-0.3, -0.25) is 4.79 Å². The molecule has 178 valence electrons. The van der Waals surface area contributed by atoms with E-state index in [2.05, 4.69) is 15.3 Å². The van der Waals surface area contributed by atoms with E-state index in [-0.39, 0.29) is 17.9 Å². The van der Waals surface area contributed by atoms with Crippen molar-refractivity contribution in [1.82, 2.24) is 15.1 Å². The minimum atomic E-state index is -0.344. The lowest BCUT2D eigenvalue weighted by Crippen LogP contribution is -2.44. The highest BCUT2D eigenvalue weighted by molar-refractivity contribution is 6.30. The molecule has 1 aliphatic heterocycles. The number of nitrogens with zero attached hydrogens (tertiary/aromatic N) is 3. The molecule has 0 spiro atoms. The molecule has 1 aromatic heterocycles. The minimum Gasteiger partial charge on any atom is -0.449 e. The van der Waals surface area contributed by atoms with Crippen molar-refractivity contribution in [2.45, 2.75) is 6.61 Å². The Morgan fingerprint density at radius 3 is 2.43 bits per heavy atom. The summed E-state index contributed by atoms with van der Waals surface area (Å²) in [7, 11) is 0. The van der Waals surface area contributed by atoms with Crippen molar-refractivity contribution in [1.29, 1.82) is 0 Å². The maximum Gasteiger partial charge on any atom is 0.316 e. The topological polar surface area (TPSA) is 79.6 Å². The zero-order valence-corrected chi connectivity index (χ0v) is 19.8. The van der Waals surface area contributed by atoms with Crippen molar-refractivity contribution in [2.24, 2.45) is 0 Å². The molecule has 2 N–H and O–H groups in total. The van der Waals surface area contributed by atoms with E-state index in [0.29, 0.717) is 22.1 Å². The van der Waals surface area contributed by atoms with Gasteiger partial charge in [0, 0.05) is 31.2 Å². The minimum absolute atomic E-state index is 0.00816. The normalized spacial score (nSPS) is 13.6. The van der Waals surface area contributed by atoms with E-state index in [1.54, 1.807) is 30.5 Å². The van der Waals surface area contributed by atoms with Crippen molar-refractivity contribution in [3.8, 4) is 28.3 Å². The van der Waals surface area contributed by atoms with Crippen LogP contribution in [-0.2, 0) is 6.61 Å². The number of benzene rings is 3. The zero-order valence-electron chi connectivity index (χ0n) is 19.0. The number of piperazine rings is 1. The van der Waals surface area contributed by atoms with Crippen molar-refractivity contribution in [3.63, 3.8) is 0 Å². The molecule has 7 nitrogen and oxygen atoms in total. The maximum atomic E-state index is 13.6. The number of hydrogen-bond acceptors (Lipinski definition) is 6. The number of halogens is 1. The van der Waals surface area contributed by atoms with Crippen LogP contribution < -0.4 is 20.5 Å². The molecule has 1 aliphatic rings. The molecule has 2 heterocycles. The van der Waals surface area contributed by atoms with Gasteiger partial charge in [0.2, 0.25) is 5.75 Å². The first kappa shape index (κ1) is 23.1. The Bertz CT molecular complexity index is 1360. The van der Waals surface area contributed by atoms with Gasteiger partial charge in [-0.1, -0.05) is 41.9 Å². The predicted molar refractivity (Wildman–Crippen MR) is 138 cm³/mol. The van der Waals surface area contributed by atoms with Crippen molar-refractivity contribution in [2.75, 3.05) is 31.1 Å². The summed E-state index contributed by atoms with van der Waals surface area (Å²) in [6, 6.07) is 22.3. The SMILES string of the molecule is O=c1c(Oc2ccc(-c3cccc(CO)c3)cc2)c(N2CCNCC2)cnn1-c1ccc(Cl)cc1. The first-order valence-electron chi connectivity index (χ1n) is 11.4. The maximum absolute atomic E-state index is 13.6. The fourth-order valence-electron chi connectivity index (χ4n) is 4.10. The van der Waals surface area contributed by atoms with Gasteiger partial charge in [-0.2, -0.15) is 9.78 Å². The molecule has 1 fully saturated rings. The molecule has 35 heavy (non-hydrogen) atoms. The molecule has 0 saturated carbocycles. The summed E-state index contributed by atoms with van der Waals surface area (Å²) in [6.07, 6.45) is 1.69. The third kappa shape index (κ3) is 5.07. The average molecular weight is 489 g/mol. The Kier molecular flexibility index (Phi) is 6.81. The number of hydrogen-bond donors (Lipinski definition) is 2. The lowest BCUT2D eigenvalue weighted by molar-refractivity contribution is 0.282. The van der Waals surface area contributed by atoms with E-state index in [9.17, 15) is 9.90 Å². The molecule has 0 unspecified atom stereocenters. The molecular formula is C27H25ClN4O3. The predicted octanol–water partition coefficient (Wildman–Crippen LogP) is 4.25. The Hall–Kier alpha value is -3.65. The van der Waals surface area contributed by atoms with Crippen LogP contribution in [0.5, 0.6) is 11.5 Å². The third-order valence-corrected chi connectivity index (χ3v) is 6.21. The zero-order chi connectivity index (χ0) is 24.2. The van der Waals surface area contributed by atoms with E-state index in [4.69, 9.17) is 16.3 Å². The first-order chi connectivity index (χ1) is 17.1. The van der Waals surface area contributed by atoms with Crippen molar-refractivity contribution in [3.05, 3.63) is 99.9 Å². The van der Waals surface area contributed by atoms with E-state index in [1.807, 2.05) is 48.5 Å². The largest absolute Gasteiger partial charge is 0.449 e. The van der Waals surface area contributed by atoms with Crippen LogP contribution in [0.25, 0.3) is 16.8 Å². The molecule has 0 atom stereocenters. The molecule has 0 aliphatic carbocycles. The van der Waals surface area contributed by atoms with E-state index in [0.717, 1.165) is 42.9 Å². The summed E-state index contributed by atoms with van der Waals surface area (Å²) in [5.41, 5.74) is 3.77. The van der Waals surface area contributed by atoms with Crippen LogP contribution in [0.3, 0.4) is 0 Å². The van der Waals surface area contributed by atoms with Gasteiger partial charge < -0.3 is 20.1 Å². The standard InChI is InChI=1S/C27H25ClN4O3/c28-22-6-8-23(9-7-22)32-27(34)26(25(17-30-32)31-14-12-29-13-15-31)35-24-10-4-20(5-11-24)21-3-1-2-19(16-21)18-33/h1-11,16-17,29,33H,12-15,18H2. The van der Waals surface area contributed by atoms with Gasteiger partial charge in [0.05, 0.1) is 18.5 Å². The lowest BCUT2D eigenvalue weighted by atomic mass is 10.0. The van der Waals surface area contributed by atoms with Gasteiger partial charge in [0.1, 0.15) is 11.4 Å². The second-order valence-corrected chi connectivity index (χ2v) is 8.71. The molecule has 0 bridgehead atoms. The highest BCUT2D eigenvalue weighted by Crippen LogP contribution is 2.31. The Morgan fingerprint density at radius 1 is 0.971 bits per heavy atom. The molecular weight excluding hydrogens is 464 g/mol. The Balaban J connectivity index is 1.51. The monoisotopic (exact) mass is 488 g/mol. The molecule has 0 radical (unpaired) electrons. The number of aromatic nitrogens is 2. The molecule has 4 aromatic rings. The highest BCUT2D eigenvalue weighted by atomic mass is 35.5. The van der Waals surface area contributed by atoms with Gasteiger partial charge in [-0.25, -0.2) is 0 Å².